The molecule has 0 spiro atoms. The maximum Gasteiger partial charge on any atom is 0.0731 e. The maximum absolute atomic E-state index is 9.15. The highest BCUT2D eigenvalue weighted by molar-refractivity contribution is 9.11. The molecule has 0 aromatic carbocycles. The van der Waals surface area contributed by atoms with Gasteiger partial charge in [-0.15, -0.1) is 0 Å². The second-order valence-corrected chi connectivity index (χ2v) is 3.45. The molecule has 0 fully saturated rings. The highest BCUT2D eigenvalue weighted by Crippen LogP contribution is 2.21. The van der Waals surface area contributed by atoms with E-state index in [9.17, 15) is 0 Å². The average Bonchev–Trinajstić information content (AvgIpc) is 1.93. The molecule has 1 atom stereocenters. The van der Waals surface area contributed by atoms with Crippen LogP contribution < -0.4 is 0 Å². The van der Waals surface area contributed by atoms with Gasteiger partial charge in [0.25, 0.3) is 0 Å². The normalized spacial score (nSPS) is 29.1. The van der Waals surface area contributed by atoms with Crippen LogP contribution in [0, 0.1) is 0 Å². The smallest absolute Gasteiger partial charge is 0.0731 e. The summed E-state index contributed by atoms with van der Waals surface area (Å²) in [6, 6.07) is 0. The first-order chi connectivity index (χ1) is 4.29. The highest BCUT2D eigenvalue weighted by atomic mass is 79.9. The van der Waals surface area contributed by atoms with Crippen LogP contribution in [0.5, 0.6) is 0 Å². The van der Waals surface area contributed by atoms with E-state index in [2.05, 4.69) is 15.9 Å². The fourth-order valence-electron chi connectivity index (χ4n) is 1.02. The highest BCUT2D eigenvalue weighted by Gasteiger charge is 2.05. The third-order valence-corrected chi connectivity index (χ3v) is 2.20. The van der Waals surface area contributed by atoms with E-state index in [0.717, 1.165) is 23.7 Å². The van der Waals surface area contributed by atoms with E-state index in [1.54, 1.807) is 0 Å². The Morgan fingerprint density at radius 3 is 3.11 bits per heavy atom. The topological polar surface area (TPSA) is 20.2 Å². The molecule has 52 valence electrons. The van der Waals surface area contributed by atoms with Crippen molar-refractivity contribution in [3.05, 3.63) is 10.6 Å². The quantitative estimate of drug-likeness (QED) is 0.622. The van der Waals surface area contributed by atoms with E-state index in [1.165, 1.54) is 6.42 Å². The van der Waals surface area contributed by atoms with Gasteiger partial charge in [-0.05, 0) is 29.8 Å². The molecule has 0 aromatic rings. The first-order valence-corrected chi connectivity index (χ1v) is 4.12. The van der Waals surface area contributed by atoms with E-state index in [0.29, 0.717) is 0 Å². The van der Waals surface area contributed by atoms with E-state index >= 15 is 0 Å². The Bertz CT molecular complexity index is 120. The second-order valence-electron chi connectivity index (χ2n) is 2.43. The molecule has 0 saturated heterocycles. The van der Waals surface area contributed by atoms with Crippen LogP contribution in [-0.4, -0.2) is 11.2 Å². The Balaban J connectivity index is 2.49. The Labute approximate surface area is 63.9 Å². The van der Waals surface area contributed by atoms with Gasteiger partial charge in [-0.2, -0.15) is 0 Å². The lowest BCUT2D eigenvalue weighted by molar-refractivity contribution is 0.211. The fraction of sp³-hybridized carbons (Fsp3) is 0.714. The molecule has 0 radical (unpaired) electrons. The molecule has 0 aliphatic heterocycles. The van der Waals surface area contributed by atoms with Crippen molar-refractivity contribution in [2.45, 2.75) is 31.8 Å². The third-order valence-electron chi connectivity index (χ3n) is 1.54. The van der Waals surface area contributed by atoms with Gasteiger partial charge in [-0.3, -0.25) is 0 Å². The van der Waals surface area contributed by atoms with Crippen LogP contribution in [0.2, 0.25) is 0 Å². The van der Waals surface area contributed by atoms with Crippen molar-refractivity contribution >= 4 is 15.9 Å². The van der Waals surface area contributed by atoms with Gasteiger partial charge < -0.3 is 5.11 Å². The third kappa shape index (κ3) is 2.50. The second kappa shape index (κ2) is 3.37. The van der Waals surface area contributed by atoms with Gasteiger partial charge in [-0.25, -0.2) is 0 Å². The van der Waals surface area contributed by atoms with Crippen LogP contribution in [0.4, 0.5) is 0 Å². The number of aliphatic hydroxyl groups is 1. The molecule has 0 aromatic heterocycles. The van der Waals surface area contributed by atoms with Gasteiger partial charge in [-0.1, -0.05) is 22.4 Å². The monoisotopic (exact) mass is 190 g/mol. The maximum atomic E-state index is 9.15. The van der Waals surface area contributed by atoms with Crippen molar-refractivity contribution in [2.75, 3.05) is 0 Å². The molecular formula is C7H11BrO. The Hall–Kier alpha value is 0.180. The van der Waals surface area contributed by atoms with Crippen molar-refractivity contribution in [3.63, 3.8) is 0 Å². The lowest BCUT2D eigenvalue weighted by atomic mass is 10.2. The predicted molar refractivity (Wildman–Crippen MR) is 41.5 cm³/mol. The van der Waals surface area contributed by atoms with Gasteiger partial charge >= 0.3 is 0 Å². The lowest BCUT2D eigenvalue weighted by Crippen LogP contribution is -1.99. The molecule has 1 nitrogen and oxygen atoms in total. The number of rotatable bonds is 0. The first kappa shape index (κ1) is 7.29. The van der Waals surface area contributed by atoms with Crippen LogP contribution in [0.3, 0.4) is 0 Å². The van der Waals surface area contributed by atoms with E-state index in [1.807, 2.05) is 6.08 Å². The molecule has 0 heterocycles. The summed E-state index contributed by atoms with van der Waals surface area (Å²) in [7, 11) is 0. The van der Waals surface area contributed by atoms with Crippen LogP contribution >= 0.6 is 15.9 Å². The molecule has 9 heavy (non-hydrogen) atoms. The molecule has 0 bridgehead atoms. The van der Waals surface area contributed by atoms with Crippen LogP contribution in [0.1, 0.15) is 25.7 Å². The Morgan fingerprint density at radius 2 is 2.33 bits per heavy atom. The molecule has 1 aliphatic rings. The molecule has 0 saturated carbocycles. The minimum absolute atomic E-state index is 0.207. The molecule has 2 heteroatoms. The molecule has 1 aliphatic carbocycles. The molecule has 1 rings (SSSR count). The predicted octanol–water partition coefficient (Wildman–Crippen LogP) is 2.20. The number of halogens is 1. The lowest BCUT2D eigenvalue weighted by Gasteiger charge is -1.98. The minimum Gasteiger partial charge on any atom is -0.389 e. The summed E-state index contributed by atoms with van der Waals surface area (Å²) >= 11 is 3.38. The van der Waals surface area contributed by atoms with Gasteiger partial charge in [0.2, 0.25) is 0 Å². The van der Waals surface area contributed by atoms with E-state index in [4.69, 9.17) is 5.11 Å². The zero-order chi connectivity index (χ0) is 6.69. The zero-order valence-corrected chi connectivity index (χ0v) is 6.89. The standard InChI is InChI=1S/C7H11BrO/c8-6-3-1-2-4-7(9)5-6/h5,7,9H,1-4H2/t7-/m0/s1. The SMILES string of the molecule is O[C@@H]1C=C(Br)CCCC1. The van der Waals surface area contributed by atoms with E-state index in [-0.39, 0.29) is 6.10 Å². The van der Waals surface area contributed by atoms with Crippen LogP contribution in [0.15, 0.2) is 10.6 Å². The summed E-state index contributed by atoms with van der Waals surface area (Å²) in [6.45, 7) is 0. The summed E-state index contributed by atoms with van der Waals surface area (Å²) in [4.78, 5) is 0. The van der Waals surface area contributed by atoms with Crippen LogP contribution in [-0.2, 0) is 0 Å². The molecular weight excluding hydrogens is 180 g/mol. The molecule has 0 amide bonds. The Morgan fingerprint density at radius 1 is 1.56 bits per heavy atom. The van der Waals surface area contributed by atoms with Gasteiger partial charge in [0.1, 0.15) is 0 Å². The van der Waals surface area contributed by atoms with Gasteiger partial charge in [0.05, 0.1) is 6.10 Å². The molecule has 1 N–H and O–H groups in total. The van der Waals surface area contributed by atoms with Crippen molar-refractivity contribution in [3.8, 4) is 0 Å². The number of aliphatic hydroxyl groups excluding tert-OH is 1. The summed E-state index contributed by atoms with van der Waals surface area (Å²) in [5.41, 5.74) is 0. The number of allylic oxidation sites excluding steroid dienone is 1. The molecule has 0 unspecified atom stereocenters. The van der Waals surface area contributed by atoms with Gasteiger partial charge in [0, 0.05) is 0 Å². The van der Waals surface area contributed by atoms with E-state index < -0.39 is 0 Å². The van der Waals surface area contributed by atoms with Crippen molar-refractivity contribution < 1.29 is 5.11 Å². The summed E-state index contributed by atoms with van der Waals surface area (Å²) in [6.07, 6.45) is 6.06. The minimum atomic E-state index is -0.207. The summed E-state index contributed by atoms with van der Waals surface area (Å²) in [5, 5.41) is 9.15. The zero-order valence-electron chi connectivity index (χ0n) is 5.31. The Kier molecular flexibility index (Phi) is 2.73. The van der Waals surface area contributed by atoms with Gasteiger partial charge in [0.15, 0.2) is 0 Å². The summed E-state index contributed by atoms with van der Waals surface area (Å²) < 4.78 is 1.16. The van der Waals surface area contributed by atoms with Crippen molar-refractivity contribution in [1.29, 1.82) is 0 Å². The first-order valence-electron chi connectivity index (χ1n) is 3.33. The van der Waals surface area contributed by atoms with Crippen molar-refractivity contribution in [2.24, 2.45) is 0 Å². The average molecular weight is 191 g/mol. The van der Waals surface area contributed by atoms with Crippen molar-refractivity contribution in [1.82, 2.24) is 0 Å². The number of hydrogen-bond acceptors (Lipinski definition) is 1. The summed E-state index contributed by atoms with van der Waals surface area (Å²) in [5.74, 6) is 0. The largest absolute Gasteiger partial charge is 0.389 e. The fourth-order valence-corrected chi connectivity index (χ4v) is 1.61. The number of hydrogen-bond donors (Lipinski definition) is 1. The van der Waals surface area contributed by atoms with Crippen LogP contribution in [0.25, 0.3) is 0 Å².